The van der Waals surface area contributed by atoms with Crippen molar-refractivity contribution in [2.45, 2.75) is 32.8 Å². The molecule has 1 rings (SSSR count). The van der Waals surface area contributed by atoms with Gasteiger partial charge in [0.2, 0.25) is 0 Å². The van der Waals surface area contributed by atoms with Crippen molar-refractivity contribution in [3.63, 3.8) is 0 Å². The maximum atomic E-state index is 5.21. The van der Waals surface area contributed by atoms with E-state index in [-0.39, 0.29) is 6.10 Å². The molecule has 2 N–H and O–H groups in total. The summed E-state index contributed by atoms with van der Waals surface area (Å²) < 4.78 is 5.14. The van der Waals surface area contributed by atoms with Gasteiger partial charge in [0.05, 0.1) is 6.10 Å². The number of thiocarbonyl (C=S) groups is 1. The zero-order valence-electron chi connectivity index (χ0n) is 11.5. The molecule has 0 heterocycles. The van der Waals surface area contributed by atoms with Gasteiger partial charge in [0, 0.05) is 19.3 Å². The summed E-state index contributed by atoms with van der Waals surface area (Å²) in [5.41, 5.74) is 2.33. The molecule has 0 fully saturated rings. The third kappa shape index (κ3) is 5.02. The Labute approximate surface area is 115 Å². The summed E-state index contributed by atoms with van der Waals surface area (Å²) in [6.45, 7) is 7.06. The van der Waals surface area contributed by atoms with Crippen molar-refractivity contribution >= 4 is 23.0 Å². The quantitative estimate of drug-likeness (QED) is 0.802. The van der Waals surface area contributed by atoms with E-state index in [9.17, 15) is 0 Å². The summed E-state index contributed by atoms with van der Waals surface area (Å²) in [6.07, 6.45) is 0.146. The minimum absolute atomic E-state index is 0.146. The fourth-order valence-electron chi connectivity index (χ4n) is 1.45. The van der Waals surface area contributed by atoms with E-state index < -0.39 is 0 Å². The van der Waals surface area contributed by atoms with Crippen molar-refractivity contribution < 1.29 is 4.74 Å². The summed E-state index contributed by atoms with van der Waals surface area (Å²) in [4.78, 5) is 0. The number of hydrogen-bond donors (Lipinski definition) is 2. The van der Waals surface area contributed by atoms with Crippen LogP contribution in [0.4, 0.5) is 5.69 Å². The Balaban J connectivity index is 2.44. The second-order valence-electron chi connectivity index (χ2n) is 4.66. The first-order valence-electron chi connectivity index (χ1n) is 6.20. The predicted molar refractivity (Wildman–Crippen MR) is 81.2 cm³/mol. The summed E-state index contributed by atoms with van der Waals surface area (Å²) in [5, 5.41) is 6.89. The minimum Gasteiger partial charge on any atom is -0.380 e. The van der Waals surface area contributed by atoms with E-state index in [4.69, 9.17) is 17.0 Å². The lowest BCUT2D eigenvalue weighted by molar-refractivity contribution is 0.121. The molecule has 1 aromatic rings. The highest BCUT2D eigenvalue weighted by atomic mass is 32.1. The molecular weight excluding hydrogens is 244 g/mol. The lowest BCUT2D eigenvalue weighted by Crippen LogP contribution is -2.34. The van der Waals surface area contributed by atoms with E-state index >= 15 is 0 Å². The molecule has 0 radical (unpaired) electrons. The molecule has 0 aliphatic rings. The topological polar surface area (TPSA) is 33.3 Å². The second kappa shape index (κ2) is 7.34. The number of anilines is 1. The van der Waals surface area contributed by atoms with Gasteiger partial charge in [0.15, 0.2) is 5.11 Å². The van der Waals surface area contributed by atoms with Gasteiger partial charge >= 0.3 is 0 Å². The van der Waals surface area contributed by atoms with Crippen LogP contribution in [0.25, 0.3) is 0 Å². The van der Waals surface area contributed by atoms with Crippen LogP contribution in [0.3, 0.4) is 0 Å². The summed E-state index contributed by atoms with van der Waals surface area (Å²) in [5.74, 6) is 0.548. The van der Waals surface area contributed by atoms with Crippen molar-refractivity contribution in [3.8, 4) is 0 Å². The van der Waals surface area contributed by atoms with Gasteiger partial charge in [-0.2, -0.15) is 0 Å². The van der Waals surface area contributed by atoms with Crippen molar-refractivity contribution in [2.24, 2.45) is 0 Å². The van der Waals surface area contributed by atoms with Gasteiger partial charge in [-0.3, -0.25) is 0 Å². The maximum absolute atomic E-state index is 5.21. The number of hydrogen-bond acceptors (Lipinski definition) is 2. The zero-order chi connectivity index (χ0) is 13.5. The number of ether oxygens (including phenoxy) is 1. The second-order valence-corrected chi connectivity index (χ2v) is 5.07. The Morgan fingerprint density at radius 1 is 1.22 bits per heavy atom. The monoisotopic (exact) mass is 266 g/mol. The van der Waals surface area contributed by atoms with Gasteiger partial charge < -0.3 is 15.4 Å². The van der Waals surface area contributed by atoms with Crippen LogP contribution in [-0.4, -0.2) is 24.9 Å². The van der Waals surface area contributed by atoms with E-state index in [0.29, 0.717) is 17.6 Å². The number of nitrogens with one attached hydrogen (secondary N) is 2. The van der Waals surface area contributed by atoms with Crippen LogP contribution >= 0.6 is 12.2 Å². The normalized spacial score (nSPS) is 12.3. The van der Waals surface area contributed by atoms with Crippen LogP contribution in [0.2, 0.25) is 0 Å². The fraction of sp³-hybridized carbons (Fsp3) is 0.500. The molecule has 3 nitrogen and oxygen atoms in total. The van der Waals surface area contributed by atoms with Gasteiger partial charge in [-0.25, -0.2) is 0 Å². The molecule has 0 spiro atoms. The molecular formula is C14H22N2OS. The third-order valence-corrected chi connectivity index (χ3v) is 3.03. The number of methoxy groups -OCH3 is 1. The SMILES string of the molecule is COC(C)CNC(=S)Nc1ccc(C(C)C)cc1. The standard InChI is InChI=1S/C14H22N2OS/c1-10(2)12-5-7-13(8-6-12)16-14(18)15-9-11(3)17-4/h5-8,10-11H,9H2,1-4H3,(H2,15,16,18). The molecule has 4 heteroatoms. The molecule has 1 unspecified atom stereocenters. The van der Waals surface area contributed by atoms with Crippen molar-refractivity contribution in [3.05, 3.63) is 29.8 Å². The van der Waals surface area contributed by atoms with E-state index in [1.807, 2.05) is 19.1 Å². The molecule has 0 bridgehead atoms. The van der Waals surface area contributed by atoms with Crippen LogP contribution in [0.1, 0.15) is 32.3 Å². The third-order valence-electron chi connectivity index (χ3n) is 2.79. The van der Waals surface area contributed by atoms with Crippen LogP contribution < -0.4 is 10.6 Å². The highest BCUT2D eigenvalue weighted by Crippen LogP contribution is 2.16. The molecule has 100 valence electrons. The van der Waals surface area contributed by atoms with Crippen molar-refractivity contribution in [1.82, 2.24) is 5.32 Å². The molecule has 1 atom stereocenters. The summed E-state index contributed by atoms with van der Waals surface area (Å²) >= 11 is 5.21. The van der Waals surface area contributed by atoms with Crippen molar-refractivity contribution in [2.75, 3.05) is 19.0 Å². The first-order chi connectivity index (χ1) is 8.52. The zero-order valence-corrected chi connectivity index (χ0v) is 12.3. The average Bonchev–Trinajstić information content (AvgIpc) is 2.36. The fourth-order valence-corrected chi connectivity index (χ4v) is 1.65. The average molecular weight is 266 g/mol. The first-order valence-corrected chi connectivity index (χ1v) is 6.61. The van der Waals surface area contributed by atoms with E-state index in [0.717, 1.165) is 5.69 Å². The molecule has 0 amide bonds. The molecule has 0 aliphatic heterocycles. The predicted octanol–water partition coefficient (Wildman–Crippen LogP) is 3.13. The Bertz CT molecular complexity index is 376. The molecule has 1 aromatic carbocycles. The van der Waals surface area contributed by atoms with Gasteiger partial charge in [-0.05, 0) is 42.8 Å². The molecule has 0 aromatic heterocycles. The van der Waals surface area contributed by atoms with Crippen LogP contribution in [0.15, 0.2) is 24.3 Å². The lowest BCUT2D eigenvalue weighted by Gasteiger charge is -2.14. The van der Waals surface area contributed by atoms with Crippen LogP contribution in [-0.2, 0) is 4.74 Å². The largest absolute Gasteiger partial charge is 0.380 e. The van der Waals surface area contributed by atoms with E-state index in [1.54, 1.807) is 7.11 Å². The molecule has 0 saturated heterocycles. The highest BCUT2D eigenvalue weighted by molar-refractivity contribution is 7.80. The van der Waals surface area contributed by atoms with Crippen LogP contribution in [0.5, 0.6) is 0 Å². The Morgan fingerprint density at radius 3 is 2.33 bits per heavy atom. The Morgan fingerprint density at radius 2 is 1.83 bits per heavy atom. The summed E-state index contributed by atoms with van der Waals surface area (Å²) in [6, 6.07) is 8.33. The number of benzene rings is 1. The summed E-state index contributed by atoms with van der Waals surface area (Å²) in [7, 11) is 1.69. The van der Waals surface area contributed by atoms with Gasteiger partial charge in [-0.15, -0.1) is 0 Å². The van der Waals surface area contributed by atoms with Gasteiger partial charge in [0.25, 0.3) is 0 Å². The van der Waals surface area contributed by atoms with Gasteiger partial charge in [-0.1, -0.05) is 26.0 Å². The van der Waals surface area contributed by atoms with E-state index in [1.165, 1.54) is 5.56 Å². The lowest BCUT2D eigenvalue weighted by atomic mass is 10.0. The first kappa shape index (κ1) is 14.9. The number of rotatable bonds is 5. The van der Waals surface area contributed by atoms with Gasteiger partial charge in [0.1, 0.15) is 0 Å². The highest BCUT2D eigenvalue weighted by Gasteiger charge is 2.02. The molecule has 18 heavy (non-hydrogen) atoms. The minimum atomic E-state index is 0.146. The molecule has 0 saturated carbocycles. The van der Waals surface area contributed by atoms with Crippen molar-refractivity contribution in [1.29, 1.82) is 0 Å². The Kier molecular flexibility index (Phi) is 6.09. The molecule has 0 aliphatic carbocycles. The maximum Gasteiger partial charge on any atom is 0.170 e. The van der Waals surface area contributed by atoms with Crippen LogP contribution in [0, 0.1) is 0 Å². The Hall–Kier alpha value is -1.13. The smallest absolute Gasteiger partial charge is 0.170 e. The van der Waals surface area contributed by atoms with E-state index in [2.05, 4.69) is 36.6 Å².